The lowest BCUT2D eigenvalue weighted by molar-refractivity contribution is 0.660. The van der Waals surface area contributed by atoms with Crippen molar-refractivity contribution in [2.75, 3.05) is 0 Å². The number of benzene rings is 8. The molecule has 0 saturated heterocycles. The molecule has 0 fully saturated rings. The van der Waals surface area contributed by atoms with Crippen LogP contribution in [-0.2, 0) is 5.41 Å². The molecule has 8 aromatic carbocycles. The fourth-order valence-corrected chi connectivity index (χ4v) is 8.79. The zero-order valence-electron chi connectivity index (χ0n) is 30.0. The van der Waals surface area contributed by atoms with E-state index in [-0.39, 0.29) is 5.41 Å². The predicted octanol–water partition coefficient (Wildman–Crippen LogP) is 12.6. The van der Waals surface area contributed by atoms with E-state index in [1.165, 1.54) is 54.8 Å². The van der Waals surface area contributed by atoms with Crippen LogP contribution in [0.3, 0.4) is 0 Å². The van der Waals surface area contributed by atoms with Gasteiger partial charge in [-0.15, -0.1) is 0 Å². The van der Waals surface area contributed by atoms with E-state index in [0.29, 0.717) is 17.5 Å². The number of hydrogen-bond acceptors (Lipinski definition) is 3. The molecule has 254 valence electrons. The molecule has 0 spiro atoms. The lowest BCUT2D eigenvalue weighted by Crippen LogP contribution is -2.15. The average molecular weight is 691 g/mol. The maximum Gasteiger partial charge on any atom is 0.164 e. The molecule has 2 heterocycles. The van der Waals surface area contributed by atoms with E-state index >= 15 is 0 Å². The van der Waals surface area contributed by atoms with Crippen molar-refractivity contribution in [1.82, 2.24) is 19.5 Å². The van der Waals surface area contributed by atoms with Crippen LogP contribution in [0.2, 0.25) is 0 Å². The number of para-hydroxylation sites is 1. The summed E-state index contributed by atoms with van der Waals surface area (Å²) >= 11 is 0. The molecule has 0 unspecified atom stereocenters. The highest BCUT2D eigenvalue weighted by Gasteiger charge is 2.35. The van der Waals surface area contributed by atoms with Crippen molar-refractivity contribution < 1.29 is 0 Å². The molecule has 2 aromatic heterocycles. The standard InChI is InChI=1S/C50H34N4/c1-50(2)41-20-10-8-18-38(41)39-27-24-35(30-42(39)50)49-52-47(32-14-4-3-5-15-32)51-48(53-49)34-23-26-36-33(29-34)16-12-22-43(36)54-44-21-11-9-19-40(44)46-37-17-7-6-13-31(37)25-28-45(46)54/h3-30H,1-2H3. The van der Waals surface area contributed by atoms with Crippen LogP contribution < -0.4 is 0 Å². The third-order valence-corrected chi connectivity index (χ3v) is 11.4. The van der Waals surface area contributed by atoms with Crippen LogP contribution in [0.15, 0.2) is 170 Å². The molecule has 54 heavy (non-hydrogen) atoms. The molecule has 4 nitrogen and oxygen atoms in total. The summed E-state index contributed by atoms with van der Waals surface area (Å²) in [5, 5.41) is 7.33. The van der Waals surface area contributed by atoms with Crippen molar-refractivity contribution >= 4 is 43.4 Å². The molecule has 0 radical (unpaired) electrons. The van der Waals surface area contributed by atoms with Gasteiger partial charge in [0.25, 0.3) is 0 Å². The molecule has 0 amide bonds. The molecule has 0 aliphatic heterocycles. The lowest BCUT2D eigenvalue weighted by Gasteiger charge is -2.21. The molecule has 0 saturated carbocycles. The fourth-order valence-electron chi connectivity index (χ4n) is 8.79. The highest BCUT2D eigenvalue weighted by molar-refractivity contribution is 6.21. The summed E-state index contributed by atoms with van der Waals surface area (Å²) in [6, 6.07) is 60.7. The van der Waals surface area contributed by atoms with Gasteiger partial charge in [0, 0.05) is 38.3 Å². The Balaban J connectivity index is 1.08. The lowest BCUT2D eigenvalue weighted by atomic mass is 9.82. The van der Waals surface area contributed by atoms with Gasteiger partial charge in [0.15, 0.2) is 17.5 Å². The molecule has 1 aliphatic carbocycles. The number of nitrogens with zero attached hydrogens (tertiary/aromatic N) is 4. The topological polar surface area (TPSA) is 43.6 Å². The second-order valence-corrected chi connectivity index (χ2v) is 14.8. The Bertz CT molecular complexity index is 3140. The fraction of sp³-hybridized carbons (Fsp3) is 0.0600. The molecule has 10 aromatic rings. The van der Waals surface area contributed by atoms with Gasteiger partial charge < -0.3 is 4.57 Å². The van der Waals surface area contributed by atoms with E-state index in [1.54, 1.807) is 0 Å². The van der Waals surface area contributed by atoms with Gasteiger partial charge in [0.2, 0.25) is 0 Å². The van der Waals surface area contributed by atoms with Crippen molar-refractivity contribution in [1.29, 1.82) is 0 Å². The number of hydrogen-bond donors (Lipinski definition) is 0. The first-order chi connectivity index (χ1) is 26.5. The molecule has 0 N–H and O–H groups in total. The Hall–Kier alpha value is -6.91. The van der Waals surface area contributed by atoms with Crippen molar-refractivity contribution in [2.45, 2.75) is 19.3 Å². The zero-order valence-corrected chi connectivity index (χ0v) is 30.0. The minimum absolute atomic E-state index is 0.125. The Morgan fingerprint density at radius 1 is 0.407 bits per heavy atom. The molecule has 0 atom stereocenters. The smallest absolute Gasteiger partial charge is 0.164 e. The monoisotopic (exact) mass is 690 g/mol. The van der Waals surface area contributed by atoms with Crippen LogP contribution >= 0.6 is 0 Å². The van der Waals surface area contributed by atoms with Crippen LogP contribution in [0, 0.1) is 0 Å². The van der Waals surface area contributed by atoms with E-state index in [0.717, 1.165) is 33.2 Å². The highest BCUT2D eigenvalue weighted by atomic mass is 15.0. The van der Waals surface area contributed by atoms with E-state index in [4.69, 9.17) is 15.0 Å². The van der Waals surface area contributed by atoms with E-state index in [1.807, 2.05) is 18.2 Å². The van der Waals surface area contributed by atoms with Gasteiger partial charge in [-0.25, -0.2) is 15.0 Å². The largest absolute Gasteiger partial charge is 0.309 e. The van der Waals surface area contributed by atoms with Gasteiger partial charge in [-0.3, -0.25) is 0 Å². The first kappa shape index (κ1) is 30.7. The van der Waals surface area contributed by atoms with E-state index < -0.39 is 0 Å². The molecular weight excluding hydrogens is 657 g/mol. The number of fused-ring (bicyclic) bond motifs is 9. The molecule has 0 bridgehead atoms. The summed E-state index contributed by atoms with van der Waals surface area (Å²) in [5.74, 6) is 1.97. The van der Waals surface area contributed by atoms with Crippen LogP contribution in [0.4, 0.5) is 0 Å². The third-order valence-electron chi connectivity index (χ3n) is 11.4. The van der Waals surface area contributed by atoms with Crippen molar-refractivity contribution in [3.63, 3.8) is 0 Å². The summed E-state index contributed by atoms with van der Waals surface area (Å²) in [6.45, 7) is 4.61. The van der Waals surface area contributed by atoms with Crippen LogP contribution in [-0.4, -0.2) is 19.5 Å². The Morgan fingerprint density at radius 3 is 1.91 bits per heavy atom. The maximum absolute atomic E-state index is 5.18. The Labute approximate surface area is 313 Å². The Morgan fingerprint density at radius 2 is 1.06 bits per heavy atom. The first-order valence-corrected chi connectivity index (χ1v) is 18.5. The van der Waals surface area contributed by atoms with E-state index in [2.05, 4.69) is 170 Å². The molecular formula is C50H34N4. The van der Waals surface area contributed by atoms with E-state index in [9.17, 15) is 0 Å². The first-order valence-electron chi connectivity index (χ1n) is 18.5. The maximum atomic E-state index is 5.18. The second-order valence-electron chi connectivity index (χ2n) is 14.8. The van der Waals surface area contributed by atoms with Crippen molar-refractivity contribution in [3.8, 4) is 51.0 Å². The summed E-state index contributed by atoms with van der Waals surface area (Å²) in [5.41, 5.74) is 11.5. The number of aromatic nitrogens is 4. The van der Waals surface area contributed by atoms with Crippen molar-refractivity contribution in [2.24, 2.45) is 0 Å². The SMILES string of the molecule is CC1(C)c2ccccc2-c2ccc(-c3nc(-c4ccccc4)nc(-c4ccc5c(-n6c7ccccc7c7c8ccccc8ccc76)cccc5c4)n3)cc21. The molecule has 11 rings (SSSR count). The van der Waals surface area contributed by atoms with Gasteiger partial charge in [0.05, 0.1) is 16.7 Å². The Kier molecular flexibility index (Phi) is 6.56. The molecule has 1 aliphatic rings. The normalized spacial score (nSPS) is 13.1. The van der Waals surface area contributed by atoms with Gasteiger partial charge in [0.1, 0.15) is 0 Å². The average Bonchev–Trinajstić information content (AvgIpc) is 3.69. The second kappa shape index (κ2) is 11.5. The van der Waals surface area contributed by atoms with Crippen molar-refractivity contribution in [3.05, 3.63) is 181 Å². The number of rotatable bonds is 4. The van der Waals surface area contributed by atoms with Crippen LogP contribution in [0.5, 0.6) is 0 Å². The summed E-state index contributed by atoms with van der Waals surface area (Å²) in [7, 11) is 0. The predicted molar refractivity (Wildman–Crippen MR) is 223 cm³/mol. The van der Waals surface area contributed by atoms with Gasteiger partial charge in [-0.1, -0.05) is 153 Å². The van der Waals surface area contributed by atoms with Gasteiger partial charge in [-0.05, 0) is 68.7 Å². The highest BCUT2D eigenvalue weighted by Crippen LogP contribution is 2.49. The quantitative estimate of drug-likeness (QED) is 0.185. The zero-order chi connectivity index (χ0) is 36.0. The summed E-state index contributed by atoms with van der Waals surface area (Å²) < 4.78 is 2.42. The van der Waals surface area contributed by atoms with Crippen LogP contribution in [0.1, 0.15) is 25.0 Å². The third kappa shape index (κ3) is 4.53. The minimum Gasteiger partial charge on any atom is -0.309 e. The van der Waals surface area contributed by atoms with Gasteiger partial charge in [-0.2, -0.15) is 0 Å². The van der Waals surface area contributed by atoms with Crippen LogP contribution in [0.25, 0.3) is 94.3 Å². The summed E-state index contributed by atoms with van der Waals surface area (Å²) in [6.07, 6.45) is 0. The van der Waals surface area contributed by atoms with Gasteiger partial charge >= 0.3 is 0 Å². The molecule has 4 heteroatoms. The summed E-state index contributed by atoms with van der Waals surface area (Å²) in [4.78, 5) is 15.4. The minimum atomic E-state index is -0.125.